The number of rotatable bonds is 7. The summed E-state index contributed by atoms with van der Waals surface area (Å²) >= 11 is 0. The number of anilines is 1. The van der Waals surface area contributed by atoms with Crippen LogP contribution in [0.3, 0.4) is 0 Å². The number of guanidine groups is 1. The van der Waals surface area contributed by atoms with Gasteiger partial charge in [0.25, 0.3) is 0 Å². The van der Waals surface area contributed by atoms with Crippen LogP contribution in [0, 0.1) is 5.92 Å². The van der Waals surface area contributed by atoms with E-state index in [1.54, 1.807) is 0 Å². The number of hydrogen-bond donors (Lipinski definition) is 2. The lowest BCUT2D eigenvalue weighted by Crippen LogP contribution is -2.38. The molecule has 1 aromatic rings. The molecule has 1 unspecified atom stereocenters. The second-order valence-electron chi connectivity index (χ2n) is 5.32. The number of aliphatic imine (C=N–C) groups is 1. The molecule has 0 aromatic heterocycles. The lowest BCUT2D eigenvalue weighted by molar-refractivity contribution is 0.206. The third kappa shape index (κ3) is 5.21. The average Bonchev–Trinajstić information content (AvgIpc) is 2.44. The normalized spacial score (nSPS) is 13.8. The van der Waals surface area contributed by atoms with E-state index in [0.29, 0.717) is 17.9 Å². The molecule has 0 bridgehead atoms. The largest absolute Gasteiger partial charge is 0.370 e. The Hall–Kier alpha value is -1.55. The van der Waals surface area contributed by atoms with Gasteiger partial charge >= 0.3 is 0 Å². The molecule has 0 heterocycles. The van der Waals surface area contributed by atoms with Crippen LogP contribution in [0.15, 0.2) is 35.3 Å². The van der Waals surface area contributed by atoms with Gasteiger partial charge in [-0.2, -0.15) is 0 Å². The van der Waals surface area contributed by atoms with E-state index in [2.05, 4.69) is 43.2 Å². The monoisotopic (exact) mass is 276 g/mol. The molecule has 0 radical (unpaired) electrons. The summed E-state index contributed by atoms with van der Waals surface area (Å²) in [6, 6.07) is 10.3. The molecule has 3 N–H and O–H groups in total. The lowest BCUT2D eigenvalue weighted by atomic mass is 9.93. The standard InChI is InChI=1S/C16H28N4/c1-5-13(6-2)15(20(3)4)12-18-16(17)19-14-10-8-7-9-11-14/h7-11,13,15H,5-6,12H2,1-4H3,(H3,17,18,19). The highest BCUT2D eigenvalue weighted by molar-refractivity contribution is 5.92. The van der Waals surface area contributed by atoms with Gasteiger partial charge < -0.3 is 16.0 Å². The van der Waals surface area contributed by atoms with Crippen molar-refractivity contribution in [1.29, 1.82) is 0 Å². The van der Waals surface area contributed by atoms with Gasteiger partial charge in [0, 0.05) is 11.7 Å². The summed E-state index contributed by atoms with van der Waals surface area (Å²) < 4.78 is 0. The van der Waals surface area contributed by atoms with Gasteiger partial charge in [-0.3, -0.25) is 4.99 Å². The third-order valence-electron chi connectivity index (χ3n) is 3.75. The number of nitrogens with one attached hydrogen (secondary N) is 1. The maximum absolute atomic E-state index is 5.96. The van der Waals surface area contributed by atoms with Crippen molar-refractivity contribution in [2.24, 2.45) is 16.6 Å². The van der Waals surface area contributed by atoms with Crippen LogP contribution in [-0.4, -0.2) is 37.5 Å². The molecule has 0 spiro atoms. The highest BCUT2D eigenvalue weighted by atomic mass is 15.1. The molecule has 0 fully saturated rings. The molecule has 0 saturated heterocycles. The predicted octanol–water partition coefficient (Wildman–Crippen LogP) is 2.78. The minimum atomic E-state index is 0.432. The Bertz CT molecular complexity index is 396. The Labute approximate surface area is 123 Å². The van der Waals surface area contributed by atoms with E-state index in [1.807, 2.05) is 30.3 Å². The molecule has 1 atom stereocenters. The molecule has 1 aromatic carbocycles. The van der Waals surface area contributed by atoms with Crippen LogP contribution in [0.25, 0.3) is 0 Å². The molecule has 4 nitrogen and oxygen atoms in total. The SMILES string of the molecule is CCC(CC)C(CN=C(N)Nc1ccccc1)N(C)C. The van der Waals surface area contributed by atoms with E-state index < -0.39 is 0 Å². The Kier molecular flexibility index (Phi) is 7.09. The molecule has 0 aliphatic heterocycles. The molecule has 0 amide bonds. The third-order valence-corrected chi connectivity index (χ3v) is 3.75. The van der Waals surface area contributed by atoms with E-state index in [-0.39, 0.29) is 0 Å². The second kappa shape index (κ2) is 8.59. The summed E-state index contributed by atoms with van der Waals surface area (Å²) in [4.78, 5) is 6.75. The van der Waals surface area contributed by atoms with E-state index in [4.69, 9.17) is 5.73 Å². The van der Waals surface area contributed by atoms with Gasteiger partial charge in [-0.15, -0.1) is 0 Å². The summed E-state index contributed by atoms with van der Waals surface area (Å²) in [6.45, 7) is 5.20. The van der Waals surface area contributed by atoms with Crippen LogP contribution in [0.2, 0.25) is 0 Å². The van der Waals surface area contributed by atoms with Crippen LogP contribution in [0.4, 0.5) is 5.69 Å². The first-order chi connectivity index (χ1) is 9.58. The molecule has 112 valence electrons. The van der Waals surface area contributed by atoms with E-state index >= 15 is 0 Å². The zero-order valence-corrected chi connectivity index (χ0v) is 13.1. The summed E-state index contributed by atoms with van der Waals surface area (Å²) in [5, 5.41) is 3.12. The quantitative estimate of drug-likeness (QED) is 0.595. The Morgan fingerprint density at radius 3 is 2.30 bits per heavy atom. The summed E-state index contributed by atoms with van der Waals surface area (Å²) in [5.74, 6) is 1.13. The fourth-order valence-electron chi connectivity index (χ4n) is 2.47. The Balaban J connectivity index is 2.63. The van der Waals surface area contributed by atoms with Crippen molar-refractivity contribution < 1.29 is 0 Å². The average molecular weight is 276 g/mol. The molecule has 20 heavy (non-hydrogen) atoms. The van der Waals surface area contributed by atoms with Crippen LogP contribution in [0.1, 0.15) is 26.7 Å². The number of nitrogens with zero attached hydrogens (tertiary/aromatic N) is 2. The molecule has 0 aliphatic rings. The first-order valence-electron chi connectivity index (χ1n) is 7.36. The number of likely N-dealkylation sites (N-methyl/N-ethyl adjacent to an activating group) is 1. The lowest BCUT2D eigenvalue weighted by Gasteiger charge is -2.30. The van der Waals surface area contributed by atoms with Gasteiger partial charge in [0.15, 0.2) is 5.96 Å². The molecule has 1 rings (SSSR count). The topological polar surface area (TPSA) is 53.6 Å². The fourth-order valence-corrected chi connectivity index (χ4v) is 2.47. The highest BCUT2D eigenvalue weighted by Gasteiger charge is 2.20. The van der Waals surface area contributed by atoms with Crippen molar-refractivity contribution >= 4 is 11.6 Å². The highest BCUT2D eigenvalue weighted by Crippen LogP contribution is 2.17. The summed E-state index contributed by atoms with van der Waals surface area (Å²) in [6.07, 6.45) is 2.34. The van der Waals surface area contributed by atoms with Gasteiger partial charge in [0.2, 0.25) is 0 Å². The number of para-hydroxylation sites is 1. The van der Waals surface area contributed by atoms with E-state index in [0.717, 1.165) is 12.2 Å². The molecule has 4 heteroatoms. The molecular formula is C16H28N4. The first-order valence-corrected chi connectivity index (χ1v) is 7.36. The van der Waals surface area contributed by atoms with Crippen LogP contribution in [0.5, 0.6) is 0 Å². The predicted molar refractivity (Wildman–Crippen MR) is 88.1 cm³/mol. The van der Waals surface area contributed by atoms with Gasteiger partial charge in [-0.25, -0.2) is 0 Å². The van der Waals surface area contributed by atoms with E-state index in [1.165, 1.54) is 12.8 Å². The van der Waals surface area contributed by atoms with Crippen molar-refractivity contribution in [3.8, 4) is 0 Å². The number of hydrogen-bond acceptors (Lipinski definition) is 2. The van der Waals surface area contributed by atoms with Gasteiger partial charge in [0.05, 0.1) is 6.54 Å². The smallest absolute Gasteiger partial charge is 0.193 e. The van der Waals surface area contributed by atoms with Crippen molar-refractivity contribution in [3.63, 3.8) is 0 Å². The number of nitrogens with two attached hydrogens (primary N) is 1. The molecule has 0 saturated carbocycles. The van der Waals surface area contributed by atoms with Crippen molar-refractivity contribution in [1.82, 2.24) is 4.90 Å². The van der Waals surface area contributed by atoms with Crippen LogP contribution < -0.4 is 11.1 Å². The summed E-state index contributed by atoms with van der Waals surface area (Å²) in [5.41, 5.74) is 6.93. The Morgan fingerprint density at radius 1 is 1.20 bits per heavy atom. The van der Waals surface area contributed by atoms with Crippen molar-refractivity contribution in [2.45, 2.75) is 32.7 Å². The van der Waals surface area contributed by atoms with Crippen molar-refractivity contribution in [3.05, 3.63) is 30.3 Å². The minimum absolute atomic E-state index is 0.432. The van der Waals surface area contributed by atoms with Gasteiger partial charge in [-0.1, -0.05) is 44.9 Å². The summed E-state index contributed by atoms with van der Waals surface area (Å²) in [7, 11) is 4.22. The fraction of sp³-hybridized carbons (Fsp3) is 0.562. The molecule has 0 aliphatic carbocycles. The first kappa shape index (κ1) is 16.5. The van der Waals surface area contributed by atoms with Crippen molar-refractivity contribution in [2.75, 3.05) is 26.0 Å². The second-order valence-corrected chi connectivity index (χ2v) is 5.32. The van der Waals surface area contributed by atoms with Crippen LogP contribution in [-0.2, 0) is 0 Å². The zero-order valence-electron chi connectivity index (χ0n) is 13.1. The number of benzene rings is 1. The van der Waals surface area contributed by atoms with Gasteiger partial charge in [-0.05, 0) is 32.1 Å². The maximum atomic E-state index is 5.96. The molecular weight excluding hydrogens is 248 g/mol. The zero-order chi connectivity index (χ0) is 15.0. The van der Waals surface area contributed by atoms with Crippen LogP contribution >= 0.6 is 0 Å². The van der Waals surface area contributed by atoms with Gasteiger partial charge in [0.1, 0.15) is 0 Å². The maximum Gasteiger partial charge on any atom is 0.193 e. The van der Waals surface area contributed by atoms with E-state index in [9.17, 15) is 0 Å². The minimum Gasteiger partial charge on any atom is -0.370 e. The Morgan fingerprint density at radius 2 is 1.80 bits per heavy atom.